The van der Waals surface area contributed by atoms with Gasteiger partial charge in [-0.3, -0.25) is 14.8 Å². The predicted octanol–water partition coefficient (Wildman–Crippen LogP) is 3.55. The zero-order valence-corrected chi connectivity index (χ0v) is 16.7. The lowest BCUT2D eigenvalue weighted by molar-refractivity contribution is -0.129. The number of hydrogen-bond donors (Lipinski definition) is 3. The molecular formula is C23H26FN3O3. The van der Waals surface area contributed by atoms with Crippen molar-refractivity contribution < 1.29 is 19.2 Å². The minimum absolute atomic E-state index is 0.0636. The third kappa shape index (κ3) is 5.90. The first-order valence-corrected chi connectivity index (χ1v) is 10.1. The first-order chi connectivity index (χ1) is 14.6. The molecule has 158 valence electrons. The Hall–Kier alpha value is -3.19. The maximum Gasteiger partial charge on any atom is 0.243 e. The fourth-order valence-corrected chi connectivity index (χ4v) is 3.47. The third-order valence-corrected chi connectivity index (χ3v) is 5.02. The van der Waals surface area contributed by atoms with Crippen molar-refractivity contribution in [3.8, 4) is 0 Å². The van der Waals surface area contributed by atoms with E-state index >= 15 is 0 Å². The van der Waals surface area contributed by atoms with Crippen molar-refractivity contribution in [2.75, 3.05) is 6.54 Å². The fourth-order valence-electron chi connectivity index (χ4n) is 3.47. The van der Waals surface area contributed by atoms with Crippen LogP contribution in [0.5, 0.6) is 0 Å². The largest absolute Gasteiger partial charge is 0.356 e. The number of hydroxylamine groups is 1. The molecule has 0 atom stereocenters. The predicted molar refractivity (Wildman–Crippen MR) is 113 cm³/mol. The summed E-state index contributed by atoms with van der Waals surface area (Å²) in [6, 6.07) is 16.4. The monoisotopic (exact) mass is 411 g/mol. The summed E-state index contributed by atoms with van der Waals surface area (Å²) in [5.74, 6) is -0.730. The van der Waals surface area contributed by atoms with Crippen LogP contribution in [0.25, 0.3) is 10.9 Å². The fraction of sp³-hybridized carbons (Fsp3) is 0.304. The van der Waals surface area contributed by atoms with Gasteiger partial charge in [0.2, 0.25) is 11.8 Å². The Morgan fingerprint density at radius 2 is 1.73 bits per heavy atom. The summed E-state index contributed by atoms with van der Waals surface area (Å²) in [5.41, 5.74) is 4.51. The molecule has 6 nitrogen and oxygen atoms in total. The van der Waals surface area contributed by atoms with Crippen LogP contribution in [-0.4, -0.2) is 28.1 Å². The number of nitrogens with zero attached hydrogens (tertiary/aromatic N) is 1. The number of fused-ring (bicyclic) bond motifs is 1. The Labute approximate surface area is 174 Å². The molecule has 7 heteroatoms. The maximum absolute atomic E-state index is 13.2. The minimum atomic E-state index is -0.395. The van der Waals surface area contributed by atoms with Crippen LogP contribution in [0.2, 0.25) is 0 Å². The number of amides is 2. The quantitative estimate of drug-likeness (QED) is 0.271. The summed E-state index contributed by atoms with van der Waals surface area (Å²) in [7, 11) is 0. The van der Waals surface area contributed by atoms with Crippen LogP contribution in [0.1, 0.15) is 36.9 Å². The summed E-state index contributed by atoms with van der Waals surface area (Å²) in [6.07, 6.45) is 2.74. The van der Waals surface area contributed by atoms with E-state index in [1.807, 2.05) is 30.3 Å². The molecule has 0 aliphatic carbocycles. The number of benzene rings is 2. The second-order valence-electron chi connectivity index (χ2n) is 7.28. The van der Waals surface area contributed by atoms with Crippen LogP contribution in [0.15, 0.2) is 54.6 Å². The molecule has 2 amide bonds. The van der Waals surface area contributed by atoms with Gasteiger partial charge in [0.25, 0.3) is 0 Å². The lowest BCUT2D eigenvalue weighted by Crippen LogP contribution is -2.27. The van der Waals surface area contributed by atoms with Crippen molar-refractivity contribution >= 4 is 22.7 Å². The molecule has 3 aromatic rings. The summed E-state index contributed by atoms with van der Waals surface area (Å²) in [5, 5.41) is 12.4. The topological polar surface area (TPSA) is 83.4 Å². The molecule has 0 saturated heterocycles. The molecule has 0 unspecified atom stereocenters. The van der Waals surface area contributed by atoms with Crippen LogP contribution < -0.4 is 10.8 Å². The zero-order valence-electron chi connectivity index (χ0n) is 16.7. The van der Waals surface area contributed by atoms with Crippen molar-refractivity contribution in [1.82, 2.24) is 15.4 Å². The van der Waals surface area contributed by atoms with E-state index in [1.165, 1.54) is 12.1 Å². The van der Waals surface area contributed by atoms with Crippen molar-refractivity contribution in [3.63, 3.8) is 0 Å². The number of hydrogen-bond acceptors (Lipinski definition) is 3. The number of rotatable bonds is 10. The molecule has 3 rings (SSSR count). The number of carbonyl (C=O) groups is 2. The van der Waals surface area contributed by atoms with E-state index < -0.39 is 5.91 Å². The van der Waals surface area contributed by atoms with E-state index in [-0.39, 0.29) is 24.6 Å². The van der Waals surface area contributed by atoms with E-state index in [9.17, 15) is 14.0 Å². The van der Waals surface area contributed by atoms with E-state index in [0.29, 0.717) is 19.5 Å². The zero-order chi connectivity index (χ0) is 21.3. The summed E-state index contributed by atoms with van der Waals surface area (Å²) >= 11 is 0. The summed E-state index contributed by atoms with van der Waals surface area (Å²) < 4.78 is 15.3. The number of carbonyl (C=O) groups excluding carboxylic acids is 2. The third-order valence-electron chi connectivity index (χ3n) is 5.02. The SMILES string of the molecule is O=C(CCCCCNC(=O)Cc1cc2ccccc2n1Cc1ccc(F)cc1)NO. The standard InChI is InChI=1S/C23H26FN3O3/c24-19-11-9-17(10-12-19)16-27-20(14-18-6-3-4-7-21(18)27)15-23(29)25-13-5-1-2-8-22(28)26-30/h3-4,6-7,9-12,14,30H,1-2,5,8,13,15-16H2,(H,25,29)(H,26,28). The summed E-state index contributed by atoms with van der Waals surface area (Å²) in [4.78, 5) is 23.4. The maximum atomic E-state index is 13.2. The number of nitrogens with one attached hydrogen (secondary N) is 2. The van der Waals surface area contributed by atoms with Crippen LogP contribution >= 0.6 is 0 Å². The van der Waals surface area contributed by atoms with Crippen LogP contribution in [0.4, 0.5) is 4.39 Å². The molecule has 0 bridgehead atoms. The Balaban J connectivity index is 1.60. The highest BCUT2D eigenvalue weighted by Gasteiger charge is 2.13. The first kappa shape index (κ1) is 21.5. The van der Waals surface area contributed by atoms with Crippen LogP contribution in [0, 0.1) is 5.82 Å². The highest BCUT2D eigenvalue weighted by Crippen LogP contribution is 2.22. The molecule has 1 heterocycles. The summed E-state index contributed by atoms with van der Waals surface area (Å²) in [6.45, 7) is 1.10. The number of halogens is 1. The van der Waals surface area contributed by atoms with Gasteiger partial charge in [-0.1, -0.05) is 36.8 Å². The van der Waals surface area contributed by atoms with Gasteiger partial charge in [0.1, 0.15) is 5.82 Å². The van der Waals surface area contributed by atoms with Crippen molar-refractivity contribution in [2.24, 2.45) is 0 Å². The van der Waals surface area contributed by atoms with Gasteiger partial charge in [-0.15, -0.1) is 0 Å². The molecule has 0 saturated carbocycles. The van der Waals surface area contributed by atoms with E-state index in [4.69, 9.17) is 5.21 Å². The highest BCUT2D eigenvalue weighted by molar-refractivity contribution is 5.85. The average Bonchev–Trinajstić information content (AvgIpc) is 3.08. The van der Waals surface area contributed by atoms with Gasteiger partial charge < -0.3 is 9.88 Å². The Morgan fingerprint density at radius 1 is 0.967 bits per heavy atom. The van der Waals surface area contributed by atoms with Crippen molar-refractivity contribution in [2.45, 2.75) is 38.6 Å². The van der Waals surface area contributed by atoms with Gasteiger partial charge in [0.05, 0.1) is 6.42 Å². The van der Waals surface area contributed by atoms with E-state index in [2.05, 4.69) is 9.88 Å². The lowest BCUT2D eigenvalue weighted by atomic mass is 10.2. The molecule has 3 N–H and O–H groups in total. The van der Waals surface area contributed by atoms with Crippen LogP contribution in [0.3, 0.4) is 0 Å². The molecule has 0 aliphatic heterocycles. The van der Waals surface area contributed by atoms with Crippen LogP contribution in [-0.2, 0) is 22.6 Å². The van der Waals surface area contributed by atoms with E-state index in [0.717, 1.165) is 35.0 Å². The number of unbranched alkanes of at least 4 members (excludes halogenated alkanes) is 2. The van der Waals surface area contributed by atoms with Crippen molar-refractivity contribution in [3.05, 3.63) is 71.7 Å². The number of para-hydroxylation sites is 1. The normalized spacial score (nSPS) is 10.9. The second kappa shape index (κ2) is 10.5. The van der Waals surface area contributed by atoms with Gasteiger partial charge in [-0.2, -0.15) is 0 Å². The molecule has 0 aliphatic rings. The minimum Gasteiger partial charge on any atom is -0.356 e. The Bertz CT molecular complexity index is 999. The lowest BCUT2D eigenvalue weighted by Gasteiger charge is -2.12. The highest BCUT2D eigenvalue weighted by atomic mass is 19.1. The molecule has 0 radical (unpaired) electrons. The molecule has 30 heavy (non-hydrogen) atoms. The smallest absolute Gasteiger partial charge is 0.243 e. The van der Waals surface area contributed by atoms with E-state index in [1.54, 1.807) is 17.6 Å². The molecule has 0 spiro atoms. The second-order valence-corrected chi connectivity index (χ2v) is 7.28. The first-order valence-electron chi connectivity index (χ1n) is 10.1. The molecular weight excluding hydrogens is 385 g/mol. The van der Waals surface area contributed by atoms with Gasteiger partial charge in [-0.25, -0.2) is 9.87 Å². The molecule has 0 fully saturated rings. The molecule has 2 aromatic carbocycles. The Kier molecular flexibility index (Phi) is 7.57. The average molecular weight is 411 g/mol. The van der Waals surface area contributed by atoms with Crippen molar-refractivity contribution in [1.29, 1.82) is 0 Å². The molecule has 1 aromatic heterocycles. The number of aromatic nitrogens is 1. The van der Waals surface area contributed by atoms with Gasteiger partial charge >= 0.3 is 0 Å². The van der Waals surface area contributed by atoms with Gasteiger partial charge in [0, 0.05) is 30.7 Å². The van der Waals surface area contributed by atoms with Gasteiger partial charge in [-0.05, 0) is 48.1 Å². The van der Waals surface area contributed by atoms with Gasteiger partial charge in [0.15, 0.2) is 0 Å². The Morgan fingerprint density at radius 3 is 2.50 bits per heavy atom.